The summed E-state index contributed by atoms with van der Waals surface area (Å²) in [6.45, 7) is -0.129. The molecule has 2 rings (SSSR count). The minimum Gasteiger partial charge on any atom is -0.491 e. The predicted molar refractivity (Wildman–Crippen MR) is 83.2 cm³/mol. The Balaban J connectivity index is 1.77. The summed E-state index contributed by atoms with van der Waals surface area (Å²) in [5, 5.41) is 30.8. The summed E-state index contributed by atoms with van der Waals surface area (Å²) in [6, 6.07) is 10.9. The average molecular weight is 334 g/mol. The molecule has 2 aromatic carbocycles. The average Bonchev–Trinajstić information content (AvgIpc) is 2.58. The van der Waals surface area contributed by atoms with Gasteiger partial charge in [0.15, 0.2) is 0 Å². The molecule has 0 aliphatic heterocycles. The minimum absolute atomic E-state index is 0.0515. The van der Waals surface area contributed by atoms with Crippen molar-refractivity contribution in [2.75, 3.05) is 13.2 Å². The lowest BCUT2D eigenvalue weighted by Gasteiger charge is -2.13. The van der Waals surface area contributed by atoms with Crippen LogP contribution in [0.25, 0.3) is 0 Å². The summed E-state index contributed by atoms with van der Waals surface area (Å²) in [5.74, 6) is 0.768. The van der Waals surface area contributed by atoms with Crippen molar-refractivity contribution in [3.63, 3.8) is 0 Å². The molecule has 0 heterocycles. The van der Waals surface area contributed by atoms with Gasteiger partial charge in [-0.05, 0) is 24.3 Å². The first kappa shape index (κ1) is 17.2. The van der Waals surface area contributed by atoms with E-state index < -0.39 is 16.0 Å². The second kappa shape index (κ2) is 7.88. The molecule has 0 atom stereocenters. The van der Waals surface area contributed by atoms with E-state index >= 15 is 0 Å². The van der Waals surface area contributed by atoms with E-state index in [1.807, 2.05) is 0 Å². The van der Waals surface area contributed by atoms with Crippen LogP contribution in [0.15, 0.2) is 48.5 Å². The summed E-state index contributed by atoms with van der Waals surface area (Å²) < 4.78 is 10.6. The van der Waals surface area contributed by atoms with E-state index in [2.05, 4.69) is 0 Å². The van der Waals surface area contributed by atoms with Crippen molar-refractivity contribution < 1.29 is 24.4 Å². The van der Waals surface area contributed by atoms with Crippen molar-refractivity contribution in [1.82, 2.24) is 0 Å². The third-order valence-corrected chi connectivity index (χ3v) is 2.98. The highest BCUT2D eigenvalue weighted by Crippen LogP contribution is 2.19. The third kappa shape index (κ3) is 4.92. The van der Waals surface area contributed by atoms with Crippen molar-refractivity contribution in [3.05, 3.63) is 68.8 Å². The maximum atomic E-state index is 10.5. The van der Waals surface area contributed by atoms with E-state index in [1.54, 1.807) is 0 Å². The van der Waals surface area contributed by atoms with Crippen LogP contribution < -0.4 is 9.47 Å². The first-order chi connectivity index (χ1) is 11.5. The van der Waals surface area contributed by atoms with Gasteiger partial charge in [-0.25, -0.2) is 0 Å². The van der Waals surface area contributed by atoms with Crippen LogP contribution in [0.3, 0.4) is 0 Å². The van der Waals surface area contributed by atoms with E-state index in [-0.39, 0.29) is 24.6 Å². The minimum atomic E-state index is -0.935. The van der Waals surface area contributed by atoms with Crippen LogP contribution in [0.2, 0.25) is 0 Å². The number of ether oxygens (including phenoxy) is 2. The largest absolute Gasteiger partial charge is 0.491 e. The van der Waals surface area contributed by atoms with Gasteiger partial charge >= 0.3 is 0 Å². The molecule has 24 heavy (non-hydrogen) atoms. The molecular weight excluding hydrogens is 320 g/mol. The maximum Gasteiger partial charge on any atom is 0.269 e. The number of hydrogen-bond donors (Lipinski definition) is 1. The molecule has 126 valence electrons. The van der Waals surface area contributed by atoms with Gasteiger partial charge in [0.25, 0.3) is 11.4 Å². The molecule has 9 nitrogen and oxygen atoms in total. The molecule has 0 aliphatic rings. The second-order valence-corrected chi connectivity index (χ2v) is 4.78. The van der Waals surface area contributed by atoms with Crippen molar-refractivity contribution in [2.45, 2.75) is 6.10 Å². The SMILES string of the molecule is O=[N+]([O-])c1ccc(OCC(O)COc2ccc([N+](=O)[O-])cc2)cc1. The fraction of sp³-hybridized carbons (Fsp3) is 0.200. The lowest BCUT2D eigenvalue weighted by Crippen LogP contribution is -2.25. The molecule has 0 unspecified atom stereocenters. The molecule has 0 radical (unpaired) electrons. The Hall–Kier alpha value is -3.20. The number of aliphatic hydroxyl groups excluding tert-OH is 1. The van der Waals surface area contributed by atoms with Crippen LogP contribution in [0.1, 0.15) is 0 Å². The topological polar surface area (TPSA) is 125 Å². The molecule has 9 heteroatoms. The number of benzene rings is 2. The van der Waals surface area contributed by atoms with Gasteiger partial charge in [-0.1, -0.05) is 0 Å². The summed E-state index contributed by atoms with van der Waals surface area (Å²) >= 11 is 0. The highest BCUT2D eigenvalue weighted by atomic mass is 16.6. The van der Waals surface area contributed by atoms with Gasteiger partial charge in [0, 0.05) is 24.3 Å². The van der Waals surface area contributed by atoms with E-state index in [0.717, 1.165) is 0 Å². The molecule has 0 spiro atoms. The molecule has 0 fully saturated rings. The number of nitro groups is 2. The lowest BCUT2D eigenvalue weighted by molar-refractivity contribution is -0.385. The van der Waals surface area contributed by atoms with Crippen molar-refractivity contribution in [3.8, 4) is 11.5 Å². The zero-order valence-electron chi connectivity index (χ0n) is 12.4. The number of aliphatic hydroxyl groups is 1. The quantitative estimate of drug-likeness (QED) is 0.580. The van der Waals surface area contributed by atoms with Crippen LogP contribution in [-0.4, -0.2) is 34.3 Å². The van der Waals surface area contributed by atoms with Crippen LogP contribution in [0, 0.1) is 20.2 Å². The summed E-state index contributed by atoms with van der Waals surface area (Å²) in [5.41, 5.74) is -0.103. The lowest BCUT2D eigenvalue weighted by atomic mass is 10.3. The number of non-ortho nitro benzene ring substituents is 2. The molecule has 0 aromatic heterocycles. The Morgan fingerprint density at radius 1 is 0.792 bits per heavy atom. The van der Waals surface area contributed by atoms with Gasteiger partial charge in [0.2, 0.25) is 0 Å². The molecule has 0 bridgehead atoms. The predicted octanol–water partition coefficient (Wildman–Crippen LogP) is 2.32. The fourth-order valence-electron chi connectivity index (χ4n) is 1.76. The van der Waals surface area contributed by atoms with Crippen molar-refractivity contribution in [1.29, 1.82) is 0 Å². The first-order valence-electron chi connectivity index (χ1n) is 6.88. The van der Waals surface area contributed by atoms with E-state index in [1.165, 1.54) is 48.5 Å². The summed E-state index contributed by atoms with van der Waals surface area (Å²) in [7, 11) is 0. The van der Waals surface area contributed by atoms with Crippen LogP contribution >= 0.6 is 0 Å². The zero-order chi connectivity index (χ0) is 17.5. The molecule has 0 amide bonds. The van der Waals surface area contributed by atoms with Gasteiger partial charge < -0.3 is 14.6 Å². The molecular formula is C15H14N2O7. The van der Waals surface area contributed by atoms with E-state index in [4.69, 9.17) is 9.47 Å². The van der Waals surface area contributed by atoms with Gasteiger partial charge in [0.1, 0.15) is 30.8 Å². The van der Waals surface area contributed by atoms with Crippen LogP contribution in [0.5, 0.6) is 11.5 Å². The smallest absolute Gasteiger partial charge is 0.269 e. The standard InChI is InChI=1S/C15H14N2O7/c18-13(9-23-14-5-1-11(2-6-14)16(19)20)10-24-15-7-3-12(4-8-15)17(21)22/h1-8,13,18H,9-10H2. The van der Waals surface area contributed by atoms with E-state index in [0.29, 0.717) is 11.5 Å². The number of nitro benzene ring substituents is 2. The number of hydrogen-bond acceptors (Lipinski definition) is 7. The molecule has 0 saturated heterocycles. The second-order valence-electron chi connectivity index (χ2n) is 4.78. The summed E-state index contributed by atoms with van der Waals surface area (Å²) in [4.78, 5) is 20.0. The molecule has 0 saturated carbocycles. The van der Waals surface area contributed by atoms with Gasteiger partial charge in [-0.2, -0.15) is 0 Å². The molecule has 1 N–H and O–H groups in total. The van der Waals surface area contributed by atoms with Gasteiger partial charge in [0.05, 0.1) is 9.85 Å². The number of rotatable bonds is 8. The normalized spacial score (nSPS) is 10.4. The Morgan fingerprint density at radius 2 is 1.12 bits per heavy atom. The maximum absolute atomic E-state index is 10.5. The van der Waals surface area contributed by atoms with Crippen molar-refractivity contribution >= 4 is 11.4 Å². The van der Waals surface area contributed by atoms with Crippen molar-refractivity contribution in [2.24, 2.45) is 0 Å². The fourth-order valence-corrected chi connectivity index (χ4v) is 1.76. The Labute approximate surface area is 136 Å². The van der Waals surface area contributed by atoms with Gasteiger partial charge in [-0.3, -0.25) is 20.2 Å². The highest BCUT2D eigenvalue weighted by Gasteiger charge is 2.10. The zero-order valence-corrected chi connectivity index (χ0v) is 12.4. The van der Waals surface area contributed by atoms with E-state index in [9.17, 15) is 25.3 Å². The van der Waals surface area contributed by atoms with Crippen LogP contribution in [0.4, 0.5) is 11.4 Å². The third-order valence-electron chi connectivity index (χ3n) is 2.98. The van der Waals surface area contributed by atoms with Crippen LogP contribution in [-0.2, 0) is 0 Å². The molecule has 2 aromatic rings. The Kier molecular flexibility index (Phi) is 5.63. The Morgan fingerprint density at radius 3 is 1.42 bits per heavy atom. The monoisotopic (exact) mass is 334 g/mol. The van der Waals surface area contributed by atoms with Gasteiger partial charge in [-0.15, -0.1) is 0 Å². The summed E-state index contributed by atoms with van der Waals surface area (Å²) in [6.07, 6.45) is -0.935. The highest BCUT2D eigenvalue weighted by molar-refractivity contribution is 5.36. The molecule has 0 aliphatic carbocycles. The first-order valence-corrected chi connectivity index (χ1v) is 6.88. The number of nitrogens with zero attached hydrogens (tertiary/aromatic N) is 2. The Bertz CT molecular complexity index is 639.